The Morgan fingerprint density at radius 1 is 1.22 bits per heavy atom. The van der Waals surface area contributed by atoms with Crippen molar-refractivity contribution in [2.75, 3.05) is 13.2 Å². The molecule has 0 heterocycles. The van der Waals surface area contributed by atoms with E-state index in [2.05, 4.69) is 5.32 Å². The smallest absolute Gasteiger partial charge is 0.307 e. The standard InChI is InChI=1S/C14H21NO3/c1-2-18-10(16)5-6-15-14(17)13-11-8-3-4-9(7-8)12(11)13/h8-9,11-13H,2-7H2,1H3,(H,15,17). The van der Waals surface area contributed by atoms with Crippen molar-refractivity contribution in [2.45, 2.75) is 32.6 Å². The van der Waals surface area contributed by atoms with Crippen molar-refractivity contribution >= 4 is 11.9 Å². The second-order valence-corrected chi connectivity index (χ2v) is 5.86. The van der Waals surface area contributed by atoms with Gasteiger partial charge in [-0.3, -0.25) is 9.59 Å². The van der Waals surface area contributed by atoms with Crippen molar-refractivity contribution < 1.29 is 14.3 Å². The normalized spacial score (nSPS) is 39.3. The van der Waals surface area contributed by atoms with Crippen LogP contribution in [0.15, 0.2) is 0 Å². The van der Waals surface area contributed by atoms with Gasteiger partial charge in [-0.05, 0) is 49.9 Å². The minimum Gasteiger partial charge on any atom is -0.466 e. The van der Waals surface area contributed by atoms with E-state index in [9.17, 15) is 9.59 Å². The van der Waals surface area contributed by atoms with Crippen molar-refractivity contribution in [1.82, 2.24) is 5.32 Å². The molecule has 0 radical (unpaired) electrons. The quantitative estimate of drug-likeness (QED) is 0.750. The van der Waals surface area contributed by atoms with E-state index >= 15 is 0 Å². The Labute approximate surface area is 107 Å². The van der Waals surface area contributed by atoms with Crippen LogP contribution in [0.1, 0.15) is 32.6 Å². The van der Waals surface area contributed by atoms with Gasteiger partial charge in [-0.25, -0.2) is 0 Å². The van der Waals surface area contributed by atoms with Gasteiger partial charge in [0.2, 0.25) is 5.91 Å². The molecule has 0 aromatic carbocycles. The summed E-state index contributed by atoms with van der Waals surface area (Å²) in [6.07, 6.45) is 4.31. The first-order valence-corrected chi connectivity index (χ1v) is 7.15. The van der Waals surface area contributed by atoms with E-state index in [-0.39, 0.29) is 24.2 Å². The summed E-state index contributed by atoms with van der Waals surface area (Å²) in [6, 6.07) is 0. The molecule has 18 heavy (non-hydrogen) atoms. The van der Waals surface area contributed by atoms with E-state index in [0.29, 0.717) is 25.0 Å². The number of amides is 1. The van der Waals surface area contributed by atoms with E-state index in [1.807, 2.05) is 0 Å². The maximum atomic E-state index is 12.0. The molecule has 0 aliphatic heterocycles. The molecule has 2 bridgehead atoms. The predicted octanol–water partition coefficient (Wildman–Crippen LogP) is 1.35. The maximum Gasteiger partial charge on any atom is 0.307 e. The predicted molar refractivity (Wildman–Crippen MR) is 65.6 cm³/mol. The van der Waals surface area contributed by atoms with Crippen LogP contribution in [0.3, 0.4) is 0 Å². The fourth-order valence-electron chi connectivity index (χ4n) is 4.31. The Balaban J connectivity index is 1.40. The van der Waals surface area contributed by atoms with E-state index < -0.39 is 0 Å². The first kappa shape index (κ1) is 12.0. The van der Waals surface area contributed by atoms with Crippen LogP contribution in [0.5, 0.6) is 0 Å². The lowest BCUT2D eigenvalue weighted by Gasteiger charge is -2.09. The van der Waals surface area contributed by atoms with Gasteiger partial charge in [0.15, 0.2) is 0 Å². The summed E-state index contributed by atoms with van der Waals surface area (Å²) >= 11 is 0. The second kappa shape index (κ2) is 4.56. The second-order valence-electron chi connectivity index (χ2n) is 5.86. The lowest BCUT2D eigenvalue weighted by Crippen LogP contribution is -2.29. The molecule has 4 unspecified atom stereocenters. The molecule has 1 N–H and O–H groups in total. The first-order chi connectivity index (χ1) is 8.72. The number of ether oxygens (including phenoxy) is 1. The molecule has 1 amide bonds. The molecule has 4 heteroatoms. The zero-order chi connectivity index (χ0) is 12.7. The van der Waals surface area contributed by atoms with Crippen LogP contribution in [0, 0.1) is 29.6 Å². The third kappa shape index (κ3) is 1.91. The first-order valence-electron chi connectivity index (χ1n) is 7.15. The average Bonchev–Trinajstić information content (AvgIpc) is 2.79. The van der Waals surface area contributed by atoms with Gasteiger partial charge < -0.3 is 10.1 Å². The van der Waals surface area contributed by atoms with Gasteiger partial charge in [-0.15, -0.1) is 0 Å². The van der Waals surface area contributed by atoms with E-state index in [4.69, 9.17) is 4.74 Å². The molecule has 4 nitrogen and oxygen atoms in total. The van der Waals surface area contributed by atoms with E-state index in [1.54, 1.807) is 6.92 Å². The van der Waals surface area contributed by atoms with Gasteiger partial charge in [0.05, 0.1) is 13.0 Å². The minimum absolute atomic E-state index is 0.172. The van der Waals surface area contributed by atoms with E-state index in [0.717, 1.165) is 11.8 Å². The summed E-state index contributed by atoms with van der Waals surface area (Å²) in [5, 5.41) is 2.89. The highest BCUT2D eigenvalue weighted by molar-refractivity contribution is 5.83. The summed E-state index contributed by atoms with van der Waals surface area (Å²) in [7, 11) is 0. The zero-order valence-electron chi connectivity index (χ0n) is 10.9. The number of hydrogen-bond donors (Lipinski definition) is 1. The van der Waals surface area contributed by atoms with Gasteiger partial charge in [0.25, 0.3) is 0 Å². The lowest BCUT2D eigenvalue weighted by atomic mass is 10.0. The van der Waals surface area contributed by atoms with Crippen molar-refractivity contribution in [3.63, 3.8) is 0 Å². The van der Waals surface area contributed by atoms with Crippen LogP contribution in [0.4, 0.5) is 0 Å². The minimum atomic E-state index is -0.228. The van der Waals surface area contributed by atoms with Gasteiger partial charge in [0.1, 0.15) is 0 Å². The Hall–Kier alpha value is -1.06. The number of hydrogen-bond acceptors (Lipinski definition) is 3. The van der Waals surface area contributed by atoms with E-state index in [1.165, 1.54) is 19.3 Å². The van der Waals surface area contributed by atoms with Crippen molar-refractivity contribution in [1.29, 1.82) is 0 Å². The molecular weight excluding hydrogens is 230 g/mol. The summed E-state index contributed by atoms with van der Waals surface area (Å²) in [4.78, 5) is 23.2. The molecule has 3 rings (SSSR count). The third-order valence-electron chi connectivity index (χ3n) is 4.97. The van der Waals surface area contributed by atoms with Crippen LogP contribution < -0.4 is 5.32 Å². The molecule has 3 fully saturated rings. The fraction of sp³-hybridized carbons (Fsp3) is 0.857. The molecule has 0 aromatic heterocycles. The number of carbonyl (C=O) groups is 2. The van der Waals surface area contributed by atoms with Crippen molar-refractivity contribution in [3.8, 4) is 0 Å². The van der Waals surface area contributed by atoms with Crippen LogP contribution >= 0.6 is 0 Å². The highest BCUT2D eigenvalue weighted by atomic mass is 16.5. The fourth-order valence-corrected chi connectivity index (χ4v) is 4.31. The van der Waals surface area contributed by atoms with Crippen LogP contribution in [-0.4, -0.2) is 25.0 Å². The summed E-state index contributed by atoms with van der Waals surface area (Å²) < 4.78 is 4.83. The summed E-state index contributed by atoms with van der Waals surface area (Å²) in [5.41, 5.74) is 0. The average molecular weight is 251 g/mol. The Morgan fingerprint density at radius 3 is 2.50 bits per heavy atom. The van der Waals surface area contributed by atoms with Gasteiger partial charge >= 0.3 is 5.97 Å². The highest BCUT2D eigenvalue weighted by Gasteiger charge is 2.67. The summed E-state index contributed by atoms with van der Waals surface area (Å²) in [6.45, 7) is 2.61. The number of rotatable bonds is 5. The van der Waals surface area contributed by atoms with Crippen LogP contribution in [0.25, 0.3) is 0 Å². The molecule has 0 saturated heterocycles. The SMILES string of the molecule is CCOC(=O)CCNC(=O)C1C2C3CCC(C3)C12. The molecule has 3 aliphatic rings. The highest BCUT2D eigenvalue weighted by Crippen LogP contribution is 2.69. The van der Waals surface area contributed by atoms with Gasteiger partial charge in [0, 0.05) is 12.5 Å². The number of carbonyl (C=O) groups excluding carboxylic acids is 2. The number of esters is 1. The Kier molecular flexibility index (Phi) is 3.04. The lowest BCUT2D eigenvalue weighted by molar-refractivity contribution is -0.143. The third-order valence-corrected chi connectivity index (χ3v) is 4.97. The molecule has 3 aliphatic carbocycles. The van der Waals surface area contributed by atoms with Crippen molar-refractivity contribution in [2.24, 2.45) is 29.6 Å². The number of nitrogens with one attached hydrogen (secondary N) is 1. The number of fused-ring (bicyclic) bond motifs is 5. The molecule has 3 saturated carbocycles. The van der Waals surface area contributed by atoms with Gasteiger partial charge in [-0.2, -0.15) is 0 Å². The summed E-state index contributed by atoms with van der Waals surface area (Å²) in [5.74, 6) is 3.19. The van der Waals surface area contributed by atoms with Crippen LogP contribution in [0.2, 0.25) is 0 Å². The van der Waals surface area contributed by atoms with Crippen LogP contribution in [-0.2, 0) is 14.3 Å². The Bertz CT molecular complexity index is 352. The molecule has 4 atom stereocenters. The Morgan fingerprint density at radius 2 is 1.89 bits per heavy atom. The maximum absolute atomic E-state index is 12.0. The zero-order valence-corrected chi connectivity index (χ0v) is 10.9. The molecular formula is C14H21NO3. The monoisotopic (exact) mass is 251 g/mol. The van der Waals surface area contributed by atoms with Gasteiger partial charge in [-0.1, -0.05) is 0 Å². The molecule has 100 valence electrons. The molecule has 0 spiro atoms. The largest absolute Gasteiger partial charge is 0.466 e. The molecule has 0 aromatic rings. The topological polar surface area (TPSA) is 55.4 Å². The van der Waals surface area contributed by atoms with Crippen molar-refractivity contribution in [3.05, 3.63) is 0 Å².